The van der Waals surface area contributed by atoms with Crippen molar-refractivity contribution in [1.29, 1.82) is 0 Å². The highest BCUT2D eigenvalue weighted by atomic mass is 31.2. The summed E-state index contributed by atoms with van der Waals surface area (Å²) in [6.07, 6.45) is 0.904. The van der Waals surface area contributed by atoms with E-state index in [2.05, 4.69) is 15.0 Å². The molecule has 2 heterocycles. The molecule has 0 aromatic carbocycles. The van der Waals surface area contributed by atoms with Crippen LogP contribution in [0.25, 0.3) is 11.2 Å². The van der Waals surface area contributed by atoms with E-state index in [1.165, 1.54) is 24.3 Å². The van der Waals surface area contributed by atoms with Gasteiger partial charge in [0.25, 0.3) is 0 Å². The minimum atomic E-state index is -4.09. The molecule has 150 valence electrons. The van der Waals surface area contributed by atoms with E-state index in [0.717, 1.165) is 0 Å². The summed E-state index contributed by atoms with van der Waals surface area (Å²) in [5.41, 5.74) is 6.46. The Morgan fingerprint density at radius 2 is 2.04 bits per heavy atom. The molecule has 0 radical (unpaired) electrons. The molecule has 2 aromatic rings. The number of hydrogen-bond acceptors (Lipinski definition) is 10. The predicted octanol–water partition coefficient (Wildman–Crippen LogP) is 0.558. The van der Waals surface area contributed by atoms with Crippen LogP contribution in [0.1, 0.15) is 20.8 Å². The number of nitrogen functional groups attached to an aromatic ring is 1. The Morgan fingerprint density at radius 1 is 1.30 bits per heavy atom. The van der Waals surface area contributed by atoms with Gasteiger partial charge in [0.1, 0.15) is 25.6 Å². The average Bonchev–Trinajstić information content (AvgIpc) is 2.98. The number of nitrogens with two attached hydrogens (primary N) is 1. The molecule has 0 spiro atoms. The van der Waals surface area contributed by atoms with Crippen LogP contribution in [0.5, 0.6) is 0 Å². The molecular weight excluding hydrogens is 381 g/mol. The minimum Gasteiger partial charge on any atom is -0.435 e. The van der Waals surface area contributed by atoms with Gasteiger partial charge in [-0.15, -0.1) is 0 Å². The van der Waals surface area contributed by atoms with Crippen molar-refractivity contribution in [1.82, 2.24) is 19.7 Å². The first-order valence-electron chi connectivity index (χ1n) is 8.05. The summed E-state index contributed by atoms with van der Waals surface area (Å²) in [5, 5.41) is 0. The van der Waals surface area contributed by atoms with E-state index in [4.69, 9.17) is 24.6 Å². The highest BCUT2D eigenvalue weighted by Crippen LogP contribution is 2.43. The Balaban J connectivity index is 1.73. The Morgan fingerprint density at radius 3 is 2.74 bits per heavy atom. The van der Waals surface area contributed by atoms with Gasteiger partial charge in [-0.2, -0.15) is 4.73 Å². The fourth-order valence-corrected chi connectivity index (χ4v) is 2.81. The highest BCUT2D eigenvalue weighted by Gasteiger charge is 2.25. The van der Waals surface area contributed by atoms with Crippen LogP contribution in [0.3, 0.4) is 0 Å². The molecule has 13 heteroatoms. The van der Waals surface area contributed by atoms with Crippen LogP contribution >= 0.6 is 7.60 Å². The maximum absolute atomic E-state index is 11.9. The van der Waals surface area contributed by atoms with Crippen molar-refractivity contribution in [2.75, 3.05) is 25.3 Å². The highest BCUT2D eigenvalue weighted by molar-refractivity contribution is 7.52. The van der Waals surface area contributed by atoms with Gasteiger partial charge in [0.2, 0.25) is 11.9 Å². The lowest BCUT2D eigenvalue weighted by Crippen LogP contribution is -2.21. The lowest BCUT2D eigenvalue weighted by atomic mass is 10.2. The molecule has 0 fully saturated rings. The van der Waals surface area contributed by atoms with E-state index in [1.54, 1.807) is 13.8 Å². The van der Waals surface area contributed by atoms with Crippen molar-refractivity contribution in [3.63, 3.8) is 0 Å². The third-order valence-electron chi connectivity index (χ3n) is 3.11. The van der Waals surface area contributed by atoms with Crippen LogP contribution < -0.4 is 10.6 Å². The molecule has 2 atom stereocenters. The van der Waals surface area contributed by atoms with E-state index in [0.29, 0.717) is 11.2 Å². The molecule has 12 nitrogen and oxygen atoms in total. The second-order valence-corrected chi connectivity index (χ2v) is 7.52. The first-order chi connectivity index (χ1) is 12.7. The Hall–Kier alpha value is -2.27. The molecule has 2 aromatic heterocycles. The fourth-order valence-electron chi connectivity index (χ4n) is 1.89. The molecule has 2 rings (SSSR count). The predicted molar refractivity (Wildman–Crippen MR) is 93.3 cm³/mol. The van der Waals surface area contributed by atoms with Gasteiger partial charge in [-0.05, 0) is 6.92 Å². The topological polar surface area (TPSA) is 161 Å². The number of ether oxygens (including phenoxy) is 2. The van der Waals surface area contributed by atoms with Crippen LogP contribution in [0, 0.1) is 5.92 Å². The number of anilines is 1. The molecule has 0 bridgehead atoms. The van der Waals surface area contributed by atoms with E-state index < -0.39 is 26.2 Å². The van der Waals surface area contributed by atoms with Gasteiger partial charge in [0.15, 0.2) is 11.3 Å². The first kappa shape index (κ1) is 21.0. The number of esters is 1. The third kappa shape index (κ3) is 6.14. The average molecular weight is 403 g/mol. The number of carbonyl (C=O) groups excluding carboxylic acids is 1. The van der Waals surface area contributed by atoms with E-state index in [9.17, 15) is 14.3 Å². The standard InChI is InChI=1S/C14H22N5O7P/c1-9(2)14(20)25-10(3)26-27(21,22)8-23-4-5-24-19-7-18-11-12(15)16-6-17-13(11)19/h6-7,9-10H,4-5,8H2,1-3H3,(H,21,22)(H2,15,16,17). The Kier molecular flexibility index (Phi) is 7.08. The molecule has 0 aliphatic carbocycles. The van der Waals surface area contributed by atoms with Crippen LogP contribution in [0.15, 0.2) is 12.7 Å². The third-order valence-corrected chi connectivity index (χ3v) is 4.25. The maximum atomic E-state index is 11.9. The van der Waals surface area contributed by atoms with Crippen LogP contribution in [0.2, 0.25) is 0 Å². The van der Waals surface area contributed by atoms with Gasteiger partial charge < -0.3 is 24.9 Å². The lowest BCUT2D eigenvalue weighted by Gasteiger charge is -2.19. The van der Waals surface area contributed by atoms with Gasteiger partial charge in [-0.3, -0.25) is 13.9 Å². The van der Waals surface area contributed by atoms with E-state index in [-0.39, 0.29) is 24.9 Å². The van der Waals surface area contributed by atoms with Crippen molar-refractivity contribution in [3.8, 4) is 0 Å². The molecule has 0 aliphatic heterocycles. The largest absolute Gasteiger partial charge is 0.435 e. The van der Waals surface area contributed by atoms with Crippen LogP contribution in [-0.2, 0) is 23.4 Å². The summed E-state index contributed by atoms with van der Waals surface area (Å²) in [6, 6.07) is 0. The number of imidazole rings is 1. The van der Waals surface area contributed by atoms with E-state index >= 15 is 0 Å². The monoisotopic (exact) mass is 403 g/mol. The van der Waals surface area contributed by atoms with Crippen molar-refractivity contribution in [2.45, 2.75) is 27.1 Å². The number of rotatable bonds is 10. The molecule has 0 amide bonds. The zero-order chi connectivity index (χ0) is 20.0. The summed E-state index contributed by atoms with van der Waals surface area (Å²) < 4.78 is 28.0. The Bertz CT molecular complexity index is 827. The normalized spacial score (nSPS) is 14.9. The number of fused-ring (bicyclic) bond motifs is 1. The maximum Gasteiger partial charge on any atom is 0.356 e. The molecule has 0 saturated heterocycles. The van der Waals surface area contributed by atoms with Crippen molar-refractivity contribution in [3.05, 3.63) is 12.7 Å². The van der Waals surface area contributed by atoms with Gasteiger partial charge in [0, 0.05) is 0 Å². The van der Waals surface area contributed by atoms with Gasteiger partial charge in [-0.25, -0.2) is 15.0 Å². The Labute approximate surface area is 155 Å². The van der Waals surface area contributed by atoms with Crippen LogP contribution in [0.4, 0.5) is 5.82 Å². The quantitative estimate of drug-likeness (QED) is 0.247. The molecule has 0 aliphatic rings. The second-order valence-electron chi connectivity index (χ2n) is 5.77. The summed E-state index contributed by atoms with van der Waals surface area (Å²) >= 11 is 0. The molecule has 2 unspecified atom stereocenters. The number of carbonyl (C=O) groups is 1. The first-order valence-corrected chi connectivity index (χ1v) is 9.81. The van der Waals surface area contributed by atoms with Crippen molar-refractivity contribution >= 4 is 30.5 Å². The second kappa shape index (κ2) is 9.09. The number of nitrogens with zero attached hydrogens (tertiary/aromatic N) is 4. The van der Waals surface area contributed by atoms with Gasteiger partial charge >= 0.3 is 13.6 Å². The molecule has 3 N–H and O–H groups in total. The fraction of sp³-hybridized carbons (Fsp3) is 0.571. The number of hydrogen-bond donors (Lipinski definition) is 2. The summed E-state index contributed by atoms with van der Waals surface area (Å²) in [5.74, 6) is -0.680. The molecular formula is C14H22N5O7P. The summed E-state index contributed by atoms with van der Waals surface area (Å²) in [7, 11) is -4.09. The smallest absolute Gasteiger partial charge is 0.356 e. The van der Waals surface area contributed by atoms with Gasteiger partial charge in [0.05, 0.1) is 12.5 Å². The van der Waals surface area contributed by atoms with Crippen molar-refractivity contribution in [2.24, 2.45) is 5.92 Å². The minimum absolute atomic E-state index is 0.00564. The number of aromatic nitrogens is 4. The SMILES string of the molecule is CC(OC(=O)C(C)C)OP(=O)(O)COCCOn1cnc2c(N)ncnc21. The zero-order valence-corrected chi connectivity index (χ0v) is 16.0. The summed E-state index contributed by atoms with van der Waals surface area (Å²) in [4.78, 5) is 38.4. The van der Waals surface area contributed by atoms with Gasteiger partial charge in [-0.1, -0.05) is 13.8 Å². The zero-order valence-electron chi connectivity index (χ0n) is 15.1. The van der Waals surface area contributed by atoms with Crippen LogP contribution in [-0.4, -0.2) is 56.4 Å². The van der Waals surface area contributed by atoms with Crippen molar-refractivity contribution < 1.29 is 33.1 Å². The molecule has 0 saturated carbocycles. The lowest BCUT2D eigenvalue weighted by molar-refractivity contribution is -0.165. The van der Waals surface area contributed by atoms with E-state index in [1.807, 2.05) is 0 Å². The summed E-state index contributed by atoms with van der Waals surface area (Å²) in [6.45, 7) is 4.67. The molecule has 27 heavy (non-hydrogen) atoms.